The highest BCUT2D eigenvalue weighted by molar-refractivity contribution is 5.70. The number of likely N-dealkylation sites (N-methyl/N-ethyl adjacent to an activating group) is 1. The lowest BCUT2D eigenvalue weighted by molar-refractivity contribution is 0.475. The van der Waals surface area contributed by atoms with Crippen molar-refractivity contribution >= 4 is 5.70 Å². The Balaban J connectivity index is 2.42. The maximum Gasteiger partial charge on any atom is 0.115 e. The molecule has 0 aliphatic carbocycles. The molecule has 0 saturated carbocycles. The van der Waals surface area contributed by atoms with Crippen molar-refractivity contribution in [2.75, 3.05) is 7.05 Å². The van der Waals surface area contributed by atoms with Gasteiger partial charge in [0, 0.05) is 18.4 Å². The molecule has 2 rings (SSSR count). The van der Waals surface area contributed by atoms with Gasteiger partial charge in [-0.3, -0.25) is 0 Å². The SMILES string of the molecule is C=C1C(C)=CC=C(c2ccc(O)cc2)N1C. The first-order chi connectivity index (χ1) is 7.59. The van der Waals surface area contributed by atoms with Gasteiger partial charge in [0.05, 0.1) is 0 Å². The molecule has 0 aromatic heterocycles. The van der Waals surface area contributed by atoms with Crippen molar-refractivity contribution in [3.05, 3.63) is 59.8 Å². The van der Waals surface area contributed by atoms with Crippen molar-refractivity contribution in [1.82, 2.24) is 4.90 Å². The van der Waals surface area contributed by atoms with Crippen molar-refractivity contribution < 1.29 is 5.11 Å². The number of benzene rings is 1. The van der Waals surface area contributed by atoms with E-state index in [1.165, 1.54) is 5.57 Å². The van der Waals surface area contributed by atoms with E-state index in [2.05, 4.69) is 23.6 Å². The van der Waals surface area contributed by atoms with Gasteiger partial charge in [-0.25, -0.2) is 0 Å². The highest BCUT2D eigenvalue weighted by atomic mass is 16.3. The molecule has 2 nitrogen and oxygen atoms in total. The van der Waals surface area contributed by atoms with E-state index >= 15 is 0 Å². The number of hydrogen-bond donors (Lipinski definition) is 1. The van der Waals surface area contributed by atoms with Crippen LogP contribution in [-0.4, -0.2) is 17.1 Å². The van der Waals surface area contributed by atoms with Crippen LogP contribution in [0.4, 0.5) is 0 Å². The number of phenolic OH excluding ortho intramolecular Hbond substituents is 1. The zero-order chi connectivity index (χ0) is 11.7. The van der Waals surface area contributed by atoms with Crippen LogP contribution in [0.25, 0.3) is 5.70 Å². The summed E-state index contributed by atoms with van der Waals surface area (Å²) in [5.74, 6) is 0.286. The lowest BCUT2D eigenvalue weighted by atomic mass is 10.0. The summed E-state index contributed by atoms with van der Waals surface area (Å²) in [6.45, 7) is 6.08. The minimum absolute atomic E-state index is 0.286. The smallest absolute Gasteiger partial charge is 0.115 e. The number of aromatic hydroxyl groups is 1. The molecule has 0 spiro atoms. The molecule has 0 saturated heterocycles. The standard InChI is InChI=1S/C14H15NO/c1-10-4-9-14(15(3)11(10)2)12-5-7-13(16)8-6-12/h4-9,16H,2H2,1,3H3. The average molecular weight is 213 g/mol. The summed E-state index contributed by atoms with van der Waals surface area (Å²) in [4.78, 5) is 2.06. The van der Waals surface area contributed by atoms with E-state index in [1.54, 1.807) is 12.1 Å². The van der Waals surface area contributed by atoms with E-state index in [0.29, 0.717) is 0 Å². The first kappa shape index (κ1) is 10.6. The van der Waals surface area contributed by atoms with Crippen molar-refractivity contribution in [2.45, 2.75) is 6.92 Å². The van der Waals surface area contributed by atoms with E-state index in [1.807, 2.05) is 26.1 Å². The lowest BCUT2D eigenvalue weighted by Gasteiger charge is -2.28. The van der Waals surface area contributed by atoms with Gasteiger partial charge >= 0.3 is 0 Å². The number of nitrogens with zero attached hydrogens (tertiary/aromatic N) is 1. The number of rotatable bonds is 1. The first-order valence-electron chi connectivity index (χ1n) is 5.20. The molecule has 16 heavy (non-hydrogen) atoms. The summed E-state index contributed by atoms with van der Waals surface area (Å²) in [6, 6.07) is 7.19. The van der Waals surface area contributed by atoms with Crippen LogP contribution < -0.4 is 0 Å². The van der Waals surface area contributed by atoms with Crippen LogP contribution in [0.5, 0.6) is 5.75 Å². The quantitative estimate of drug-likeness (QED) is 0.774. The van der Waals surface area contributed by atoms with Crippen LogP contribution in [0.2, 0.25) is 0 Å². The minimum Gasteiger partial charge on any atom is -0.508 e. The Kier molecular flexibility index (Phi) is 2.57. The largest absolute Gasteiger partial charge is 0.508 e. The van der Waals surface area contributed by atoms with Gasteiger partial charge in [-0.2, -0.15) is 0 Å². The Morgan fingerprint density at radius 2 is 1.75 bits per heavy atom. The molecule has 1 aromatic carbocycles. The molecule has 1 aromatic rings. The van der Waals surface area contributed by atoms with Gasteiger partial charge < -0.3 is 10.0 Å². The Morgan fingerprint density at radius 1 is 1.12 bits per heavy atom. The summed E-state index contributed by atoms with van der Waals surface area (Å²) in [5.41, 5.74) is 4.34. The zero-order valence-corrected chi connectivity index (χ0v) is 9.57. The molecular formula is C14H15NO. The molecular weight excluding hydrogens is 198 g/mol. The molecule has 1 aliphatic rings. The van der Waals surface area contributed by atoms with E-state index in [4.69, 9.17) is 0 Å². The summed E-state index contributed by atoms with van der Waals surface area (Å²) in [5, 5.41) is 9.25. The molecule has 0 radical (unpaired) electrons. The second-order valence-electron chi connectivity index (χ2n) is 3.95. The predicted molar refractivity (Wildman–Crippen MR) is 66.7 cm³/mol. The maximum atomic E-state index is 9.25. The first-order valence-corrected chi connectivity index (χ1v) is 5.20. The fraction of sp³-hybridized carbons (Fsp3) is 0.143. The molecule has 0 amide bonds. The van der Waals surface area contributed by atoms with E-state index in [9.17, 15) is 5.11 Å². The predicted octanol–water partition coefficient (Wildman–Crippen LogP) is 3.14. The van der Waals surface area contributed by atoms with Gasteiger partial charge in [-0.05, 0) is 48.4 Å². The number of hydrogen-bond acceptors (Lipinski definition) is 2. The molecule has 0 unspecified atom stereocenters. The molecule has 0 fully saturated rings. The number of allylic oxidation sites excluding steroid dienone is 3. The van der Waals surface area contributed by atoms with Crippen LogP contribution in [0.1, 0.15) is 12.5 Å². The monoisotopic (exact) mass is 213 g/mol. The lowest BCUT2D eigenvalue weighted by Crippen LogP contribution is -2.18. The summed E-state index contributed by atoms with van der Waals surface area (Å²) < 4.78 is 0. The normalized spacial score (nSPS) is 15.9. The van der Waals surface area contributed by atoms with Crippen LogP contribution >= 0.6 is 0 Å². The number of phenols is 1. The third-order valence-electron chi connectivity index (χ3n) is 2.88. The third-order valence-corrected chi connectivity index (χ3v) is 2.88. The third kappa shape index (κ3) is 1.74. The van der Waals surface area contributed by atoms with Gasteiger partial charge in [0.1, 0.15) is 5.75 Å². The van der Waals surface area contributed by atoms with E-state index < -0.39 is 0 Å². The molecule has 2 heteroatoms. The fourth-order valence-corrected chi connectivity index (χ4v) is 1.74. The maximum absolute atomic E-state index is 9.25. The van der Waals surface area contributed by atoms with Crippen LogP contribution in [0.15, 0.2) is 54.3 Å². The second kappa shape index (κ2) is 3.89. The van der Waals surface area contributed by atoms with Gasteiger partial charge in [0.2, 0.25) is 0 Å². The molecule has 82 valence electrons. The summed E-state index contributed by atoms with van der Waals surface area (Å²) in [6.07, 6.45) is 4.13. The summed E-state index contributed by atoms with van der Waals surface area (Å²) in [7, 11) is 2.00. The Labute approximate surface area is 95.8 Å². The van der Waals surface area contributed by atoms with Gasteiger partial charge in [0.15, 0.2) is 0 Å². The van der Waals surface area contributed by atoms with Crippen molar-refractivity contribution in [3.63, 3.8) is 0 Å². The Bertz CT molecular complexity index is 480. The van der Waals surface area contributed by atoms with Gasteiger partial charge in [-0.1, -0.05) is 12.7 Å². The Hall–Kier alpha value is -1.96. The van der Waals surface area contributed by atoms with Crippen molar-refractivity contribution in [2.24, 2.45) is 0 Å². The fourth-order valence-electron chi connectivity index (χ4n) is 1.74. The molecule has 0 atom stereocenters. The van der Waals surface area contributed by atoms with Gasteiger partial charge in [0.25, 0.3) is 0 Å². The average Bonchev–Trinajstić information content (AvgIpc) is 2.28. The van der Waals surface area contributed by atoms with Crippen LogP contribution in [0.3, 0.4) is 0 Å². The summed E-state index contributed by atoms with van der Waals surface area (Å²) >= 11 is 0. The second-order valence-corrected chi connectivity index (χ2v) is 3.95. The highest BCUT2D eigenvalue weighted by Gasteiger charge is 2.14. The zero-order valence-electron chi connectivity index (χ0n) is 9.57. The molecule has 0 bridgehead atoms. The molecule has 1 N–H and O–H groups in total. The molecule has 1 heterocycles. The van der Waals surface area contributed by atoms with Crippen molar-refractivity contribution in [1.29, 1.82) is 0 Å². The van der Waals surface area contributed by atoms with Crippen LogP contribution in [0, 0.1) is 0 Å². The van der Waals surface area contributed by atoms with Crippen molar-refractivity contribution in [3.8, 4) is 5.75 Å². The van der Waals surface area contributed by atoms with Gasteiger partial charge in [-0.15, -0.1) is 0 Å². The Morgan fingerprint density at radius 3 is 2.38 bits per heavy atom. The van der Waals surface area contributed by atoms with Crippen LogP contribution in [-0.2, 0) is 0 Å². The topological polar surface area (TPSA) is 23.5 Å². The minimum atomic E-state index is 0.286. The van der Waals surface area contributed by atoms with E-state index in [-0.39, 0.29) is 5.75 Å². The van der Waals surface area contributed by atoms with E-state index in [0.717, 1.165) is 17.0 Å². The highest BCUT2D eigenvalue weighted by Crippen LogP contribution is 2.29. The molecule has 1 aliphatic heterocycles.